The number of pyridine rings is 2. The van der Waals surface area contributed by atoms with Gasteiger partial charge >= 0.3 is 6.55 Å². The molecular formula is C31H28Cl2F2N8O2. The highest BCUT2D eigenvalue weighted by Crippen LogP contribution is 2.36. The van der Waals surface area contributed by atoms with E-state index in [9.17, 15) is 18.4 Å². The molecule has 45 heavy (non-hydrogen) atoms. The topological polar surface area (TPSA) is 113 Å². The number of carbonyl (C=O) groups is 1. The van der Waals surface area contributed by atoms with Gasteiger partial charge in [0.1, 0.15) is 0 Å². The number of nitrogens with one attached hydrogen (secondary N) is 1. The summed E-state index contributed by atoms with van der Waals surface area (Å²) in [5.74, 6) is -0.701. The van der Waals surface area contributed by atoms with Crippen LogP contribution in [0.2, 0.25) is 10.2 Å². The fraction of sp³-hybridized carbons (Fsp3) is 0.290. The highest BCUT2D eigenvalue weighted by Gasteiger charge is 2.26. The van der Waals surface area contributed by atoms with Crippen molar-refractivity contribution in [2.24, 2.45) is 5.92 Å². The normalized spacial score (nSPS) is 17.0. The fourth-order valence-electron chi connectivity index (χ4n) is 5.75. The van der Waals surface area contributed by atoms with Gasteiger partial charge in [0.2, 0.25) is 5.91 Å². The fourth-order valence-corrected chi connectivity index (χ4v) is 6.05. The number of alkyl halides is 2. The van der Waals surface area contributed by atoms with Crippen LogP contribution in [-0.4, -0.2) is 40.2 Å². The Morgan fingerprint density at radius 3 is 2.62 bits per heavy atom. The maximum atomic E-state index is 14.0. The molecule has 0 unspecified atom stereocenters. The van der Waals surface area contributed by atoms with Crippen molar-refractivity contribution in [3.63, 3.8) is 0 Å². The number of amides is 1. The van der Waals surface area contributed by atoms with E-state index in [0.29, 0.717) is 63.5 Å². The predicted octanol–water partition coefficient (Wildman–Crippen LogP) is 6.97. The van der Waals surface area contributed by atoms with Crippen molar-refractivity contribution in [1.29, 1.82) is 0 Å². The largest absolute Gasteiger partial charge is 0.333 e. The Balaban J connectivity index is 1.50. The molecular weight excluding hydrogens is 625 g/mol. The zero-order valence-corrected chi connectivity index (χ0v) is 25.8. The lowest BCUT2D eigenvalue weighted by atomic mass is 9.95. The second-order valence-corrected chi connectivity index (χ2v) is 11.7. The van der Waals surface area contributed by atoms with E-state index in [4.69, 9.17) is 23.2 Å². The van der Waals surface area contributed by atoms with Crippen molar-refractivity contribution in [1.82, 2.24) is 34.3 Å². The van der Waals surface area contributed by atoms with Gasteiger partial charge < -0.3 is 9.88 Å². The third-order valence-corrected chi connectivity index (χ3v) is 8.45. The van der Waals surface area contributed by atoms with E-state index in [0.717, 1.165) is 5.56 Å². The van der Waals surface area contributed by atoms with Gasteiger partial charge in [0.25, 0.3) is 5.56 Å². The lowest BCUT2D eigenvalue weighted by Crippen LogP contribution is -2.27. The van der Waals surface area contributed by atoms with Gasteiger partial charge in [0.05, 0.1) is 41.2 Å². The molecule has 2 bridgehead atoms. The smallest absolute Gasteiger partial charge is 0.323 e. The van der Waals surface area contributed by atoms with E-state index in [-0.39, 0.29) is 28.0 Å². The number of aromatic nitrogens is 7. The van der Waals surface area contributed by atoms with Crippen LogP contribution in [0.1, 0.15) is 57.0 Å². The minimum Gasteiger partial charge on any atom is -0.323 e. The summed E-state index contributed by atoms with van der Waals surface area (Å²) in [6.07, 6.45) is 8.30. The first kappa shape index (κ1) is 30.6. The van der Waals surface area contributed by atoms with Gasteiger partial charge in [-0.25, -0.2) is 9.36 Å². The second kappa shape index (κ2) is 12.5. The Labute approximate surface area is 266 Å². The van der Waals surface area contributed by atoms with E-state index in [1.165, 1.54) is 17.1 Å². The molecule has 1 aliphatic rings. The Kier molecular flexibility index (Phi) is 8.52. The van der Waals surface area contributed by atoms with Gasteiger partial charge in [-0.3, -0.25) is 14.6 Å². The predicted molar refractivity (Wildman–Crippen MR) is 167 cm³/mol. The summed E-state index contributed by atoms with van der Waals surface area (Å²) < 4.78 is 31.7. The van der Waals surface area contributed by atoms with Crippen molar-refractivity contribution >= 4 is 34.8 Å². The van der Waals surface area contributed by atoms with Crippen LogP contribution in [0, 0.1) is 5.92 Å². The second-order valence-electron chi connectivity index (χ2n) is 10.9. The first-order valence-corrected chi connectivity index (χ1v) is 15.2. The minimum atomic E-state index is -2.93. The van der Waals surface area contributed by atoms with E-state index >= 15 is 0 Å². The molecule has 5 aromatic rings. The van der Waals surface area contributed by atoms with Gasteiger partial charge in [-0.05, 0) is 60.7 Å². The third kappa shape index (κ3) is 5.99. The molecule has 0 aliphatic carbocycles. The minimum absolute atomic E-state index is 0.0622. The number of aryl methyl sites for hydroxylation is 1. The summed E-state index contributed by atoms with van der Waals surface area (Å²) >= 11 is 12.5. The van der Waals surface area contributed by atoms with Crippen LogP contribution < -0.4 is 10.9 Å². The van der Waals surface area contributed by atoms with Crippen LogP contribution in [0.3, 0.4) is 0 Å². The van der Waals surface area contributed by atoms with Crippen LogP contribution in [0.25, 0.3) is 28.1 Å². The van der Waals surface area contributed by atoms with Crippen molar-refractivity contribution in [2.75, 3.05) is 5.32 Å². The van der Waals surface area contributed by atoms with Crippen molar-refractivity contribution < 1.29 is 13.6 Å². The molecule has 0 radical (unpaired) electrons. The average Bonchev–Trinajstić information content (AvgIpc) is 3.65. The van der Waals surface area contributed by atoms with Crippen LogP contribution in [0.4, 0.5) is 14.5 Å². The maximum Gasteiger partial charge on any atom is 0.333 e. The molecule has 0 saturated carbocycles. The number of hydrogen-bond donors (Lipinski definition) is 1. The van der Waals surface area contributed by atoms with Gasteiger partial charge in [0, 0.05) is 40.5 Å². The molecule has 232 valence electrons. The molecule has 0 fully saturated rings. The number of nitrogens with zero attached hydrogens (tertiary/aromatic N) is 7. The van der Waals surface area contributed by atoms with Crippen LogP contribution >= 0.6 is 23.2 Å². The van der Waals surface area contributed by atoms with E-state index in [1.807, 2.05) is 13.1 Å². The zero-order chi connectivity index (χ0) is 31.8. The summed E-state index contributed by atoms with van der Waals surface area (Å²) in [5, 5.41) is 15.3. The number of anilines is 1. The number of benzene rings is 1. The molecule has 1 amide bonds. The van der Waals surface area contributed by atoms with Crippen LogP contribution in [0.5, 0.6) is 0 Å². The Bertz CT molecular complexity index is 1950. The summed E-state index contributed by atoms with van der Waals surface area (Å²) in [6, 6.07) is 9.56. The summed E-state index contributed by atoms with van der Waals surface area (Å²) in [7, 11) is 0. The molecule has 4 aromatic heterocycles. The molecule has 5 heterocycles. The van der Waals surface area contributed by atoms with Crippen molar-refractivity contribution in [3.8, 4) is 28.1 Å². The summed E-state index contributed by atoms with van der Waals surface area (Å²) in [6.45, 7) is 0.832. The number of carbonyl (C=O) groups excluding carboxylic acids is 1. The van der Waals surface area contributed by atoms with Crippen molar-refractivity contribution in [2.45, 2.75) is 52.1 Å². The maximum absolute atomic E-state index is 14.0. The van der Waals surface area contributed by atoms with Crippen LogP contribution in [0.15, 0.2) is 66.0 Å². The molecule has 10 nitrogen and oxygen atoms in total. The number of fused-ring (bicyclic) bond motifs is 4. The Morgan fingerprint density at radius 1 is 1.07 bits per heavy atom. The Hall–Kier alpha value is -4.42. The molecule has 6 rings (SSSR count). The molecule has 1 aromatic carbocycles. The molecule has 0 spiro atoms. The average molecular weight is 654 g/mol. The number of rotatable bonds is 5. The van der Waals surface area contributed by atoms with Gasteiger partial charge in [0.15, 0.2) is 5.15 Å². The first-order chi connectivity index (χ1) is 21.6. The SMILES string of the molecule is CCc1cn([C@H]2CCC[C@@H](C)C(=O)Nc3cnn(C(F)F)c3-c3ccnc2c3)c(=O)cc1-c1cc(Cl)ccc1-n1cc(Cl)nn1. The highest BCUT2D eigenvalue weighted by atomic mass is 35.5. The summed E-state index contributed by atoms with van der Waals surface area (Å²) in [4.78, 5) is 31.5. The summed E-state index contributed by atoms with van der Waals surface area (Å²) in [5.41, 5.74) is 3.72. The third-order valence-electron chi connectivity index (χ3n) is 8.04. The van der Waals surface area contributed by atoms with Gasteiger partial charge in [-0.1, -0.05) is 48.7 Å². The molecule has 1 N–H and O–H groups in total. The zero-order valence-electron chi connectivity index (χ0n) is 24.3. The van der Waals surface area contributed by atoms with E-state index in [2.05, 4.69) is 25.7 Å². The lowest BCUT2D eigenvalue weighted by molar-refractivity contribution is -0.119. The molecule has 1 aliphatic heterocycles. The Morgan fingerprint density at radius 2 is 1.89 bits per heavy atom. The standard InChI is InChI=1S/C31H28Cl2F2N8O2/c1-3-18-15-41(28(44)13-21(18)22-12-20(32)7-8-25(22)42-16-27(33)39-40-42)26-6-4-5-17(2)30(45)38-24-14-37-43(31(34)35)29(24)19-9-10-36-23(26)11-19/h7-17,26,31H,3-6H2,1-2H3,(H,38,45)/t17-,26+/m1/s1. The quantitative estimate of drug-likeness (QED) is 0.219. The van der Waals surface area contributed by atoms with E-state index < -0.39 is 18.5 Å². The monoisotopic (exact) mass is 652 g/mol. The molecule has 0 saturated heterocycles. The highest BCUT2D eigenvalue weighted by molar-refractivity contribution is 6.31. The number of hydrogen-bond acceptors (Lipinski definition) is 6. The lowest BCUT2D eigenvalue weighted by Gasteiger charge is -2.24. The van der Waals surface area contributed by atoms with Crippen LogP contribution in [-0.2, 0) is 11.2 Å². The number of halogens is 4. The molecule has 14 heteroatoms. The van der Waals surface area contributed by atoms with E-state index in [1.54, 1.807) is 54.1 Å². The van der Waals surface area contributed by atoms with Gasteiger partial charge in [-0.15, -0.1) is 5.10 Å². The van der Waals surface area contributed by atoms with Crippen molar-refractivity contribution in [3.05, 3.63) is 93.0 Å². The van der Waals surface area contributed by atoms with Gasteiger partial charge in [-0.2, -0.15) is 13.9 Å². The molecule has 2 atom stereocenters. The first-order valence-electron chi connectivity index (χ1n) is 14.4.